The molecule has 1 unspecified atom stereocenters. The van der Waals surface area contributed by atoms with Crippen molar-refractivity contribution < 1.29 is 9.18 Å². The van der Waals surface area contributed by atoms with Gasteiger partial charge in [0.05, 0.1) is 12.2 Å². The maximum atomic E-state index is 13.7. The summed E-state index contributed by atoms with van der Waals surface area (Å²) in [6, 6.07) is 14.7. The number of nitrogens with one attached hydrogen (secondary N) is 1. The Labute approximate surface area is 189 Å². The van der Waals surface area contributed by atoms with Gasteiger partial charge in [-0.25, -0.2) is 23.7 Å². The molecule has 1 aliphatic rings. The Morgan fingerprint density at radius 3 is 2.94 bits per heavy atom. The van der Waals surface area contributed by atoms with E-state index in [0.29, 0.717) is 23.4 Å². The molecule has 0 radical (unpaired) electrons. The lowest BCUT2D eigenvalue weighted by molar-refractivity contribution is 0.200. The minimum absolute atomic E-state index is 0.345. The average Bonchev–Trinajstić information content (AvgIpc) is 3.47. The fraction of sp³-hybridized carbons (Fsp3) is 0.120. The zero-order valence-corrected chi connectivity index (χ0v) is 17.7. The predicted molar refractivity (Wildman–Crippen MR) is 123 cm³/mol. The molecule has 0 saturated heterocycles. The number of carbonyl (C=O) groups is 1. The van der Waals surface area contributed by atoms with Gasteiger partial charge in [0, 0.05) is 30.1 Å². The van der Waals surface area contributed by atoms with Gasteiger partial charge in [0.15, 0.2) is 5.65 Å². The van der Waals surface area contributed by atoms with Crippen LogP contribution in [0.3, 0.4) is 0 Å². The van der Waals surface area contributed by atoms with Crippen molar-refractivity contribution in [3.63, 3.8) is 0 Å². The van der Waals surface area contributed by atoms with Crippen molar-refractivity contribution in [3.05, 3.63) is 95.2 Å². The number of hydrogen-bond donors (Lipinski definition) is 1. The first-order valence-electron chi connectivity index (χ1n) is 10.4. The van der Waals surface area contributed by atoms with Crippen LogP contribution in [0.1, 0.15) is 34.8 Å². The molecule has 0 spiro atoms. The summed E-state index contributed by atoms with van der Waals surface area (Å²) < 4.78 is 15.3. The monoisotopic (exact) mass is 438 g/mol. The molecule has 2 amide bonds. The quantitative estimate of drug-likeness (QED) is 0.467. The molecule has 0 aliphatic carbocycles. The number of fused-ring (bicyclic) bond motifs is 1. The number of urea groups is 1. The molecule has 1 aliphatic heterocycles. The number of nitrogens with zero attached hydrogens (tertiary/aromatic N) is 5. The third kappa shape index (κ3) is 4.16. The van der Waals surface area contributed by atoms with Crippen molar-refractivity contribution in [3.8, 4) is 11.8 Å². The summed E-state index contributed by atoms with van der Waals surface area (Å²) in [4.78, 5) is 17.2. The van der Waals surface area contributed by atoms with Gasteiger partial charge in [-0.3, -0.25) is 0 Å². The van der Waals surface area contributed by atoms with Crippen LogP contribution in [0, 0.1) is 24.6 Å². The smallest absolute Gasteiger partial charge is 0.306 e. The molecule has 5 rings (SSSR count). The van der Waals surface area contributed by atoms with Crippen LogP contribution >= 0.6 is 0 Å². The number of amides is 2. The molecule has 2 aromatic carbocycles. The lowest BCUT2D eigenvalue weighted by Crippen LogP contribution is -2.31. The Morgan fingerprint density at radius 2 is 2.06 bits per heavy atom. The summed E-state index contributed by atoms with van der Waals surface area (Å²) in [6.07, 6.45) is 5.54. The molecule has 3 heterocycles. The summed E-state index contributed by atoms with van der Waals surface area (Å²) in [5.74, 6) is 5.90. The van der Waals surface area contributed by atoms with Crippen LogP contribution in [0.4, 0.5) is 14.9 Å². The molecule has 8 heteroatoms. The van der Waals surface area contributed by atoms with E-state index in [1.165, 1.54) is 17.1 Å². The highest BCUT2D eigenvalue weighted by Gasteiger charge is 2.28. The summed E-state index contributed by atoms with van der Waals surface area (Å²) in [7, 11) is 0. The number of aromatic nitrogens is 3. The van der Waals surface area contributed by atoms with Crippen molar-refractivity contribution in [1.82, 2.24) is 19.6 Å². The maximum Gasteiger partial charge on any atom is 0.342 e. The number of rotatable bonds is 2. The average molecular weight is 438 g/mol. The van der Waals surface area contributed by atoms with E-state index in [-0.39, 0.29) is 11.9 Å². The van der Waals surface area contributed by atoms with E-state index >= 15 is 0 Å². The van der Waals surface area contributed by atoms with Gasteiger partial charge in [-0.1, -0.05) is 24.1 Å². The second-order valence-electron chi connectivity index (χ2n) is 7.60. The maximum absolute atomic E-state index is 13.7. The third-order valence-electron chi connectivity index (χ3n) is 5.36. The fourth-order valence-electron chi connectivity index (χ4n) is 3.66. The van der Waals surface area contributed by atoms with Gasteiger partial charge < -0.3 is 5.32 Å². The second-order valence-corrected chi connectivity index (χ2v) is 7.60. The highest BCUT2D eigenvalue weighted by Crippen LogP contribution is 2.29. The van der Waals surface area contributed by atoms with Crippen LogP contribution < -0.4 is 5.32 Å². The molecule has 2 aromatic heterocycles. The number of aryl methyl sites for hydroxylation is 1. The first-order valence-corrected chi connectivity index (χ1v) is 10.4. The molecule has 162 valence electrons. The van der Waals surface area contributed by atoms with E-state index in [2.05, 4.69) is 32.3 Å². The number of hydrogen-bond acceptors (Lipinski definition) is 4. The van der Waals surface area contributed by atoms with Gasteiger partial charge >= 0.3 is 6.03 Å². The molecule has 0 bridgehead atoms. The Bertz CT molecular complexity index is 1450. The predicted octanol–water partition coefficient (Wildman–Crippen LogP) is 4.54. The fourth-order valence-corrected chi connectivity index (χ4v) is 3.66. The first kappa shape index (κ1) is 20.4. The SMILES string of the molecule is Cc1ccc(NC(=O)N2N=CCC2c2cccc(F)c2)cc1C#Cc1cnc2cccnn12. The Morgan fingerprint density at radius 1 is 1.15 bits per heavy atom. The Kier molecular flexibility index (Phi) is 5.29. The zero-order chi connectivity index (χ0) is 22.8. The summed E-state index contributed by atoms with van der Waals surface area (Å²) in [5, 5.41) is 12.7. The number of imidazole rings is 1. The topological polar surface area (TPSA) is 74.9 Å². The van der Waals surface area contributed by atoms with E-state index in [1.54, 1.807) is 35.3 Å². The van der Waals surface area contributed by atoms with Crippen molar-refractivity contribution >= 4 is 23.6 Å². The molecule has 1 N–H and O–H groups in total. The molecule has 0 saturated carbocycles. The van der Waals surface area contributed by atoms with Gasteiger partial charge in [-0.05, 0) is 60.4 Å². The second kappa shape index (κ2) is 8.55. The Hall–Kier alpha value is -4.51. The Balaban J connectivity index is 1.36. The van der Waals surface area contributed by atoms with E-state index in [4.69, 9.17) is 0 Å². The van der Waals surface area contributed by atoms with E-state index in [0.717, 1.165) is 16.8 Å². The summed E-state index contributed by atoms with van der Waals surface area (Å²) in [5.41, 5.74) is 4.41. The molecule has 0 fully saturated rings. The minimum atomic E-state index is -0.397. The summed E-state index contributed by atoms with van der Waals surface area (Å²) >= 11 is 0. The van der Waals surface area contributed by atoms with Crippen LogP contribution in [-0.2, 0) is 0 Å². The standard InChI is InChI=1S/C25H19FN6O/c1-17-7-9-21(15-18(17)8-10-22-16-27-24-6-3-12-28-31(22)24)30-25(33)32-23(11-13-29-32)19-4-2-5-20(26)14-19/h2-7,9,12-16,23H,11H2,1H3,(H,30,33). The molecule has 1 atom stereocenters. The molecular weight excluding hydrogens is 419 g/mol. The summed E-state index contributed by atoms with van der Waals surface area (Å²) in [6.45, 7) is 1.95. The zero-order valence-electron chi connectivity index (χ0n) is 17.7. The van der Waals surface area contributed by atoms with Crippen LogP contribution in [0.25, 0.3) is 5.65 Å². The number of benzene rings is 2. The van der Waals surface area contributed by atoms with Crippen LogP contribution in [-0.4, -0.2) is 31.9 Å². The van der Waals surface area contributed by atoms with Gasteiger partial charge in [0.25, 0.3) is 0 Å². The highest BCUT2D eigenvalue weighted by atomic mass is 19.1. The van der Waals surface area contributed by atoms with Gasteiger partial charge in [0.2, 0.25) is 0 Å². The molecular formula is C25H19FN6O. The third-order valence-corrected chi connectivity index (χ3v) is 5.36. The van der Waals surface area contributed by atoms with E-state index in [1.807, 2.05) is 37.3 Å². The number of anilines is 1. The lowest BCUT2D eigenvalue weighted by atomic mass is 10.0. The molecule has 7 nitrogen and oxygen atoms in total. The van der Waals surface area contributed by atoms with Crippen LogP contribution in [0.5, 0.6) is 0 Å². The van der Waals surface area contributed by atoms with Crippen molar-refractivity contribution in [2.24, 2.45) is 5.10 Å². The van der Waals surface area contributed by atoms with E-state index < -0.39 is 6.03 Å². The van der Waals surface area contributed by atoms with Crippen LogP contribution in [0.15, 0.2) is 72.1 Å². The van der Waals surface area contributed by atoms with Crippen LogP contribution in [0.2, 0.25) is 0 Å². The largest absolute Gasteiger partial charge is 0.342 e. The van der Waals surface area contributed by atoms with Gasteiger partial charge in [-0.2, -0.15) is 10.2 Å². The number of hydrazone groups is 1. The number of carbonyl (C=O) groups excluding carboxylic acids is 1. The first-order chi connectivity index (χ1) is 16.1. The number of halogens is 1. The lowest BCUT2D eigenvalue weighted by Gasteiger charge is -2.22. The molecule has 4 aromatic rings. The van der Waals surface area contributed by atoms with E-state index in [9.17, 15) is 9.18 Å². The highest BCUT2D eigenvalue weighted by molar-refractivity contribution is 5.91. The normalized spacial score (nSPS) is 14.8. The van der Waals surface area contributed by atoms with Gasteiger partial charge in [-0.15, -0.1) is 0 Å². The minimum Gasteiger partial charge on any atom is -0.306 e. The van der Waals surface area contributed by atoms with Gasteiger partial charge in [0.1, 0.15) is 11.5 Å². The van der Waals surface area contributed by atoms with Crippen molar-refractivity contribution in [2.75, 3.05) is 5.32 Å². The van der Waals surface area contributed by atoms with Crippen molar-refractivity contribution in [1.29, 1.82) is 0 Å². The molecule has 33 heavy (non-hydrogen) atoms. The van der Waals surface area contributed by atoms with Crippen molar-refractivity contribution in [2.45, 2.75) is 19.4 Å².